The zero-order valence-electron chi connectivity index (χ0n) is 8.86. The molecule has 1 fully saturated rings. The van der Waals surface area contributed by atoms with Gasteiger partial charge in [-0.2, -0.15) is 0 Å². The van der Waals surface area contributed by atoms with Gasteiger partial charge in [0.15, 0.2) is 5.76 Å². The monoisotopic (exact) mass is 263 g/mol. The lowest BCUT2D eigenvalue weighted by Gasteiger charge is -2.08. The Balaban J connectivity index is 0.00000128. The number of nitrogens with one attached hydrogen (secondary N) is 2. The Labute approximate surface area is 104 Å². The third-order valence-corrected chi connectivity index (χ3v) is 3.09. The van der Waals surface area contributed by atoms with Crippen LogP contribution in [0.1, 0.15) is 11.5 Å². The predicted molar refractivity (Wildman–Crippen MR) is 64.6 cm³/mol. The van der Waals surface area contributed by atoms with Crippen molar-refractivity contribution in [1.82, 2.24) is 15.8 Å². The number of halogens is 1. The molecular weight excluding hydrogens is 250 g/mol. The van der Waals surface area contributed by atoms with Gasteiger partial charge in [-0.1, -0.05) is 5.16 Å². The molecule has 90 valence electrons. The Kier molecular flexibility index (Phi) is 5.11. The van der Waals surface area contributed by atoms with Crippen LogP contribution in [0.4, 0.5) is 0 Å². The summed E-state index contributed by atoms with van der Waals surface area (Å²) < 4.78 is 4.99. The van der Waals surface area contributed by atoms with Crippen molar-refractivity contribution in [3.63, 3.8) is 0 Å². The van der Waals surface area contributed by atoms with Crippen molar-refractivity contribution in [2.45, 2.75) is 19.5 Å². The number of amides is 1. The smallest absolute Gasteiger partial charge is 0.238 e. The van der Waals surface area contributed by atoms with Gasteiger partial charge in [0.2, 0.25) is 5.91 Å². The number of hydrogen-bond acceptors (Lipinski definition) is 5. The van der Waals surface area contributed by atoms with E-state index < -0.39 is 0 Å². The van der Waals surface area contributed by atoms with Gasteiger partial charge in [0.05, 0.1) is 18.3 Å². The minimum atomic E-state index is -0.0704. The summed E-state index contributed by atoms with van der Waals surface area (Å²) in [4.78, 5) is 11.6. The summed E-state index contributed by atoms with van der Waals surface area (Å²) in [6.07, 6.45) is 0. The van der Waals surface area contributed by atoms with Crippen LogP contribution in [0, 0.1) is 6.92 Å². The maximum atomic E-state index is 11.6. The zero-order valence-corrected chi connectivity index (χ0v) is 10.5. The summed E-state index contributed by atoms with van der Waals surface area (Å²) in [7, 11) is 0. The molecule has 2 N–H and O–H groups in total. The normalized spacial score (nSPS) is 19.2. The molecule has 16 heavy (non-hydrogen) atoms. The van der Waals surface area contributed by atoms with Gasteiger partial charge >= 0.3 is 0 Å². The van der Waals surface area contributed by atoms with Crippen LogP contribution in [0.5, 0.6) is 0 Å². The summed E-state index contributed by atoms with van der Waals surface area (Å²) in [6, 6.07) is 1.75. The van der Waals surface area contributed by atoms with Gasteiger partial charge in [0.25, 0.3) is 0 Å². The summed E-state index contributed by atoms with van der Waals surface area (Å²) >= 11 is 1.73. The highest BCUT2D eigenvalue weighted by atomic mass is 35.5. The number of rotatable bonds is 3. The number of thioether (sulfide) groups is 1. The maximum absolute atomic E-state index is 11.6. The first-order valence-corrected chi connectivity index (χ1v) is 5.92. The van der Waals surface area contributed by atoms with Gasteiger partial charge in [-0.15, -0.1) is 24.2 Å². The fourth-order valence-corrected chi connectivity index (χ4v) is 2.30. The summed E-state index contributed by atoms with van der Waals surface area (Å²) in [5, 5.41) is 9.65. The molecule has 0 bridgehead atoms. The van der Waals surface area contributed by atoms with Crippen LogP contribution in [0.3, 0.4) is 0 Å². The standard InChI is InChI=1S/C9H13N3O2S.ClH/c1-6-2-7(14-12-6)3-10-9(13)8-4-15-5-11-8;/h2,8,11H,3-5H2,1H3,(H,10,13);1H. The molecule has 0 radical (unpaired) electrons. The summed E-state index contributed by atoms with van der Waals surface area (Å²) in [5.74, 6) is 2.39. The van der Waals surface area contributed by atoms with Crippen LogP contribution in [0.2, 0.25) is 0 Å². The van der Waals surface area contributed by atoms with Crippen LogP contribution < -0.4 is 10.6 Å². The van der Waals surface area contributed by atoms with Crippen molar-refractivity contribution in [1.29, 1.82) is 0 Å². The Morgan fingerprint density at radius 2 is 2.62 bits per heavy atom. The van der Waals surface area contributed by atoms with E-state index in [9.17, 15) is 4.79 Å². The molecule has 0 aromatic carbocycles. The number of aryl methyl sites for hydroxylation is 1. The maximum Gasteiger partial charge on any atom is 0.238 e. The molecule has 1 aliphatic rings. The third-order valence-electron chi connectivity index (χ3n) is 2.15. The lowest BCUT2D eigenvalue weighted by Crippen LogP contribution is -2.41. The Bertz CT molecular complexity index is 352. The second-order valence-corrected chi connectivity index (χ2v) is 4.45. The third kappa shape index (κ3) is 3.40. The summed E-state index contributed by atoms with van der Waals surface area (Å²) in [6.45, 7) is 2.26. The number of carbonyl (C=O) groups excluding carboxylic acids is 1. The number of aromatic nitrogens is 1. The van der Waals surface area contributed by atoms with Crippen LogP contribution in [0.25, 0.3) is 0 Å². The van der Waals surface area contributed by atoms with E-state index in [-0.39, 0.29) is 24.4 Å². The van der Waals surface area contributed by atoms with Crippen LogP contribution in [0.15, 0.2) is 10.6 Å². The SMILES string of the molecule is Cc1cc(CNC(=O)C2CSCN2)on1.Cl. The van der Waals surface area contributed by atoms with E-state index in [2.05, 4.69) is 15.8 Å². The van der Waals surface area contributed by atoms with Crippen LogP contribution >= 0.6 is 24.2 Å². The Hall–Kier alpha value is -0.720. The molecule has 1 atom stereocenters. The molecule has 1 aromatic heterocycles. The molecule has 2 rings (SSSR count). The van der Waals surface area contributed by atoms with Gasteiger partial charge in [-0.3, -0.25) is 10.1 Å². The highest BCUT2D eigenvalue weighted by Gasteiger charge is 2.22. The minimum Gasteiger partial charge on any atom is -0.359 e. The lowest BCUT2D eigenvalue weighted by atomic mass is 10.3. The molecule has 1 unspecified atom stereocenters. The van der Waals surface area contributed by atoms with Crippen molar-refractivity contribution < 1.29 is 9.32 Å². The first-order valence-electron chi connectivity index (χ1n) is 4.77. The van der Waals surface area contributed by atoms with Crippen LogP contribution in [-0.4, -0.2) is 28.7 Å². The largest absolute Gasteiger partial charge is 0.359 e. The molecule has 0 aliphatic carbocycles. The fourth-order valence-electron chi connectivity index (χ4n) is 1.36. The first kappa shape index (κ1) is 13.3. The zero-order chi connectivity index (χ0) is 10.7. The molecule has 1 saturated heterocycles. The molecule has 5 nitrogen and oxygen atoms in total. The van der Waals surface area contributed by atoms with Crippen molar-refractivity contribution in [2.75, 3.05) is 11.6 Å². The molecule has 1 amide bonds. The molecule has 7 heteroatoms. The van der Waals surface area contributed by atoms with Gasteiger partial charge in [-0.25, -0.2) is 0 Å². The van der Waals surface area contributed by atoms with E-state index in [0.29, 0.717) is 12.3 Å². The Morgan fingerprint density at radius 1 is 1.81 bits per heavy atom. The highest BCUT2D eigenvalue weighted by molar-refractivity contribution is 7.99. The van der Waals surface area contributed by atoms with Crippen molar-refractivity contribution in [2.24, 2.45) is 0 Å². The second kappa shape index (κ2) is 6.12. The number of hydrogen-bond donors (Lipinski definition) is 2. The van der Waals surface area contributed by atoms with E-state index in [0.717, 1.165) is 17.3 Å². The molecule has 1 aromatic rings. The molecule has 1 aliphatic heterocycles. The average molecular weight is 264 g/mol. The highest BCUT2D eigenvalue weighted by Crippen LogP contribution is 2.09. The van der Waals surface area contributed by atoms with E-state index >= 15 is 0 Å². The topological polar surface area (TPSA) is 67.2 Å². The number of nitrogens with zero attached hydrogens (tertiary/aromatic N) is 1. The van der Waals surface area contributed by atoms with Crippen LogP contribution in [-0.2, 0) is 11.3 Å². The molecule has 0 spiro atoms. The van der Waals surface area contributed by atoms with E-state index in [1.54, 1.807) is 11.8 Å². The molecule has 2 heterocycles. The summed E-state index contributed by atoms with van der Waals surface area (Å²) in [5.41, 5.74) is 0.828. The first-order chi connectivity index (χ1) is 7.25. The second-order valence-electron chi connectivity index (χ2n) is 3.42. The minimum absolute atomic E-state index is 0. The quantitative estimate of drug-likeness (QED) is 0.840. The van der Waals surface area contributed by atoms with Crippen molar-refractivity contribution in [3.8, 4) is 0 Å². The van der Waals surface area contributed by atoms with Gasteiger partial charge < -0.3 is 9.84 Å². The average Bonchev–Trinajstić information content (AvgIpc) is 2.84. The van der Waals surface area contributed by atoms with E-state index in [1.807, 2.05) is 13.0 Å². The Morgan fingerprint density at radius 3 is 3.19 bits per heavy atom. The van der Waals surface area contributed by atoms with E-state index in [4.69, 9.17) is 4.52 Å². The van der Waals surface area contributed by atoms with Gasteiger partial charge in [-0.05, 0) is 6.92 Å². The van der Waals surface area contributed by atoms with Gasteiger partial charge in [0, 0.05) is 17.7 Å². The lowest BCUT2D eigenvalue weighted by molar-refractivity contribution is -0.122. The molecular formula is C9H14ClN3O2S. The van der Waals surface area contributed by atoms with Gasteiger partial charge in [0.1, 0.15) is 0 Å². The fraction of sp³-hybridized carbons (Fsp3) is 0.556. The van der Waals surface area contributed by atoms with Crippen molar-refractivity contribution >= 4 is 30.1 Å². The van der Waals surface area contributed by atoms with Crippen molar-refractivity contribution in [3.05, 3.63) is 17.5 Å². The predicted octanol–water partition coefficient (Wildman–Crippen LogP) is 0.684. The number of carbonyl (C=O) groups is 1. The van der Waals surface area contributed by atoms with E-state index in [1.165, 1.54) is 0 Å². The molecule has 0 saturated carbocycles.